The molecule has 0 amide bonds. The van der Waals surface area contributed by atoms with Crippen molar-refractivity contribution in [2.45, 2.75) is 23.6 Å². The summed E-state index contributed by atoms with van der Waals surface area (Å²) in [7, 11) is 0. The molecule has 2 rings (SSSR count). The van der Waals surface area contributed by atoms with Gasteiger partial charge in [0, 0.05) is 9.79 Å². The van der Waals surface area contributed by atoms with Crippen LogP contribution in [-0.2, 0) is 0 Å². The fourth-order valence-electron chi connectivity index (χ4n) is 1.63. The average molecular weight is 258 g/mol. The summed E-state index contributed by atoms with van der Waals surface area (Å²) in [5.74, 6) is -0.884. The Morgan fingerprint density at radius 1 is 1.06 bits per heavy atom. The van der Waals surface area contributed by atoms with E-state index in [1.165, 1.54) is 5.56 Å². The van der Waals surface area contributed by atoms with Crippen LogP contribution in [0.3, 0.4) is 0 Å². The molecule has 92 valence electrons. The zero-order valence-electron chi connectivity index (χ0n) is 10.3. The summed E-state index contributed by atoms with van der Waals surface area (Å²) >= 11 is 1.65. The van der Waals surface area contributed by atoms with Crippen LogP contribution in [0.5, 0.6) is 0 Å². The number of carbonyl (C=O) groups is 1. The lowest BCUT2D eigenvalue weighted by atomic mass is 10.1. The zero-order valence-corrected chi connectivity index (χ0v) is 11.1. The van der Waals surface area contributed by atoms with E-state index in [2.05, 4.69) is 31.2 Å². The van der Waals surface area contributed by atoms with Gasteiger partial charge in [-0.3, -0.25) is 0 Å². The highest BCUT2D eigenvalue weighted by atomic mass is 32.2. The lowest BCUT2D eigenvalue weighted by Crippen LogP contribution is -1.96. The van der Waals surface area contributed by atoms with Gasteiger partial charge >= 0.3 is 5.97 Å². The molecule has 0 atom stereocenters. The molecule has 0 fully saturated rings. The van der Waals surface area contributed by atoms with Gasteiger partial charge in [0.05, 0.1) is 5.56 Å². The van der Waals surface area contributed by atoms with Gasteiger partial charge < -0.3 is 5.11 Å². The first-order chi connectivity index (χ1) is 8.56. The number of hydrogen-bond acceptors (Lipinski definition) is 2. The van der Waals surface area contributed by atoms with E-state index in [-0.39, 0.29) is 0 Å². The Labute approximate surface area is 111 Å². The standard InChI is InChI=1S/C15H14O2S/c1-10-3-6-13(7-4-10)18-14-8-5-12(15(16)17)9-11(14)2/h3-9H,1-2H3,(H,16,17). The maximum Gasteiger partial charge on any atom is 0.335 e. The highest BCUT2D eigenvalue weighted by Gasteiger charge is 2.06. The van der Waals surface area contributed by atoms with E-state index in [1.807, 2.05) is 13.0 Å². The molecule has 0 aromatic heterocycles. The van der Waals surface area contributed by atoms with E-state index in [1.54, 1.807) is 23.9 Å². The summed E-state index contributed by atoms with van der Waals surface area (Å²) in [6, 6.07) is 13.5. The van der Waals surface area contributed by atoms with Crippen molar-refractivity contribution in [1.82, 2.24) is 0 Å². The Kier molecular flexibility index (Phi) is 3.72. The van der Waals surface area contributed by atoms with Gasteiger partial charge in [-0.1, -0.05) is 29.5 Å². The topological polar surface area (TPSA) is 37.3 Å². The molecular weight excluding hydrogens is 244 g/mol. The quantitative estimate of drug-likeness (QED) is 0.898. The third-order valence-electron chi connectivity index (χ3n) is 2.67. The van der Waals surface area contributed by atoms with E-state index >= 15 is 0 Å². The Bertz CT molecular complexity index is 574. The smallest absolute Gasteiger partial charge is 0.335 e. The van der Waals surface area contributed by atoms with Crippen LogP contribution in [0.1, 0.15) is 21.5 Å². The van der Waals surface area contributed by atoms with Crippen LogP contribution in [0.2, 0.25) is 0 Å². The predicted molar refractivity (Wildman–Crippen MR) is 73.4 cm³/mol. The molecule has 0 spiro atoms. The minimum Gasteiger partial charge on any atom is -0.478 e. The monoisotopic (exact) mass is 258 g/mol. The first-order valence-electron chi connectivity index (χ1n) is 5.65. The summed E-state index contributed by atoms with van der Waals surface area (Å²) in [5, 5.41) is 8.91. The fraction of sp³-hybridized carbons (Fsp3) is 0.133. The summed E-state index contributed by atoms with van der Waals surface area (Å²) in [6.07, 6.45) is 0. The Morgan fingerprint density at radius 3 is 2.28 bits per heavy atom. The number of aryl methyl sites for hydroxylation is 2. The molecular formula is C15H14O2S. The molecule has 0 heterocycles. The molecule has 0 radical (unpaired) electrons. The normalized spacial score (nSPS) is 10.3. The lowest BCUT2D eigenvalue weighted by Gasteiger charge is -2.06. The lowest BCUT2D eigenvalue weighted by molar-refractivity contribution is 0.0696. The van der Waals surface area contributed by atoms with Gasteiger partial charge in [0.15, 0.2) is 0 Å². The predicted octanol–water partition coefficient (Wildman–Crippen LogP) is 4.15. The first kappa shape index (κ1) is 12.7. The Balaban J connectivity index is 2.24. The molecule has 0 aliphatic carbocycles. The van der Waals surface area contributed by atoms with Crippen molar-refractivity contribution in [3.8, 4) is 0 Å². The molecule has 0 aliphatic heterocycles. The number of carboxylic acid groups (broad SMARTS) is 1. The molecule has 3 heteroatoms. The molecule has 2 aromatic carbocycles. The van der Waals surface area contributed by atoms with Crippen molar-refractivity contribution in [2.24, 2.45) is 0 Å². The van der Waals surface area contributed by atoms with Crippen LogP contribution in [0, 0.1) is 13.8 Å². The highest BCUT2D eigenvalue weighted by molar-refractivity contribution is 7.99. The van der Waals surface area contributed by atoms with Crippen molar-refractivity contribution in [3.63, 3.8) is 0 Å². The second-order valence-corrected chi connectivity index (χ2v) is 5.32. The van der Waals surface area contributed by atoms with E-state index in [9.17, 15) is 4.79 Å². The molecule has 2 nitrogen and oxygen atoms in total. The third kappa shape index (κ3) is 2.93. The van der Waals surface area contributed by atoms with Crippen LogP contribution >= 0.6 is 11.8 Å². The SMILES string of the molecule is Cc1ccc(Sc2ccc(C(=O)O)cc2C)cc1. The van der Waals surface area contributed by atoms with Gasteiger partial charge in [0.2, 0.25) is 0 Å². The molecule has 0 saturated carbocycles. The van der Waals surface area contributed by atoms with Crippen LogP contribution in [0.15, 0.2) is 52.3 Å². The van der Waals surface area contributed by atoms with Crippen molar-refractivity contribution in [1.29, 1.82) is 0 Å². The van der Waals surface area contributed by atoms with Crippen LogP contribution in [0.4, 0.5) is 0 Å². The second-order valence-electron chi connectivity index (χ2n) is 4.20. The average Bonchev–Trinajstić information content (AvgIpc) is 2.34. The number of carboxylic acids is 1. The van der Waals surface area contributed by atoms with Crippen molar-refractivity contribution in [2.75, 3.05) is 0 Å². The third-order valence-corrected chi connectivity index (χ3v) is 3.86. The van der Waals surface area contributed by atoms with Gasteiger partial charge in [0.1, 0.15) is 0 Å². The Morgan fingerprint density at radius 2 is 1.72 bits per heavy atom. The van der Waals surface area contributed by atoms with Gasteiger partial charge in [-0.15, -0.1) is 0 Å². The van der Waals surface area contributed by atoms with Crippen molar-refractivity contribution >= 4 is 17.7 Å². The molecule has 0 unspecified atom stereocenters. The number of benzene rings is 2. The van der Waals surface area contributed by atoms with E-state index in [0.717, 1.165) is 15.4 Å². The van der Waals surface area contributed by atoms with Crippen LogP contribution in [-0.4, -0.2) is 11.1 Å². The summed E-state index contributed by atoms with van der Waals surface area (Å²) in [6.45, 7) is 3.99. The van der Waals surface area contributed by atoms with E-state index in [4.69, 9.17) is 5.11 Å². The second kappa shape index (κ2) is 5.27. The number of rotatable bonds is 3. The minimum atomic E-state index is -0.884. The molecule has 0 aliphatic rings. The molecule has 1 N–H and O–H groups in total. The van der Waals surface area contributed by atoms with Gasteiger partial charge in [-0.05, 0) is 49.7 Å². The number of hydrogen-bond donors (Lipinski definition) is 1. The molecule has 0 bridgehead atoms. The highest BCUT2D eigenvalue weighted by Crippen LogP contribution is 2.30. The molecule has 18 heavy (non-hydrogen) atoms. The van der Waals surface area contributed by atoms with Gasteiger partial charge in [-0.25, -0.2) is 4.79 Å². The molecule has 0 saturated heterocycles. The first-order valence-corrected chi connectivity index (χ1v) is 6.46. The van der Waals surface area contributed by atoms with Crippen LogP contribution < -0.4 is 0 Å². The molecule has 2 aromatic rings. The fourth-order valence-corrected chi connectivity index (χ4v) is 2.51. The maximum atomic E-state index is 10.9. The Hall–Kier alpha value is -1.74. The summed E-state index contributed by atoms with van der Waals surface area (Å²) in [5.41, 5.74) is 2.55. The van der Waals surface area contributed by atoms with Gasteiger partial charge in [-0.2, -0.15) is 0 Å². The van der Waals surface area contributed by atoms with Gasteiger partial charge in [0.25, 0.3) is 0 Å². The minimum absolute atomic E-state index is 0.334. The van der Waals surface area contributed by atoms with Crippen molar-refractivity contribution in [3.05, 3.63) is 59.2 Å². The largest absolute Gasteiger partial charge is 0.478 e. The maximum absolute atomic E-state index is 10.9. The van der Waals surface area contributed by atoms with E-state index in [0.29, 0.717) is 5.56 Å². The zero-order chi connectivity index (χ0) is 13.1. The summed E-state index contributed by atoms with van der Waals surface area (Å²) in [4.78, 5) is 13.1. The number of aromatic carboxylic acids is 1. The summed E-state index contributed by atoms with van der Waals surface area (Å²) < 4.78 is 0. The van der Waals surface area contributed by atoms with Crippen LogP contribution in [0.25, 0.3) is 0 Å². The van der Waals surface area contributed by atoms with Crippen molar-refractivity contribution < 1.29 is 9.90 Å². The van der Waals surface area contributed by atoms with E-state index < -0.39 is 5.97 Å².